The zero-order valence-corrected chi connectivity index (χ0v) is 10.5. The molecule has 0 unspecified atom stereocenters. The summed E-state index contributed by atoms with van der Waals surface area (Å²) >= 11 is 0. The third-order valence-electron chi connectivity index (χ3n) is 2.88. The lowest BCUT2D eigenvalue weighted by Crippen LogP contribution is -2.00. The highest BCUT2D eigenvalue weighted by Gasteiger charge is 2.13. The number of aromatic nitrogens is 3. The van der Waals surface area contributed by atoms with Crippen molar-refractivity contribution < 1.29 is 9.26 Å². The molecule has 2 heterocycles. The van der Waals surface area contributed by atoms with Gasteiger partial charge in [-0.25, -0.2) is 0 Å². The minimum atomic E-state index is 0.331. The smallest absolute Gasteiger partial charge is 0.178 e. The average molecular weight is 257 g/mol. The highest BCUT2D eigenvalue weighted by Crippen LogP contribution is 2.32. The maximum atomic E-state index is 5.75. The van der Waals surface area contributed by atoms with Gasteiger partial charge in [0.25, 0.3) is 0 Å². The second-order valence-corrected chi connectivity index (χ2v) is 4.29. The van der Waals surface area contributed by atoms with Crippen molar-refractivity contribution in [2.75, 3.05) is 12.8 Å². The summed E-state index contributed by atoms with van der Waals surface area (Å²) in [5, 5.41) is 8.64. The minimum absolute atomic E-state index is 0.331. The van der Waals surface area contributed by atoms with Gasteiger partial charge in [0.15, 0.2) is 11.4 Å². The molecule has 97 valence electrons. The quantitative estimate of drug-likeness (QED) is 0.774. The van der Waals surface area contributed by atoms with E-state index in [-0.39, 0.29) is 0 Å². The third-order valence-corrected chi connectivity index (χ3v) is 2.88. The topological polar surface area (TPSA) is 79.1 Å². The number of nitrogen functional groups attached to an aromatic ring is 1. The largest absolute Gasteiger partial charge is 0.496 e. The van der Waals surface area contributed by atoms with Crippen LogP contribution in [0, 0.1) is 6.92 Å². The molecule has 3 aromatic rings. The predicted molar refractivity (Wildman–Crippen MR) is 70.8 cm³/mol. The van der Waals surface area contributed by atoms with E-state index in [1.165, 1.54) is 0 Å². The van der Waals surface area contributed by atoms with E-state index in [2.05, 4.69) is 17.2 Å². The van der Waals surface area contributed by atoms with Crippen LogP contribution in [0.1, 0.15) is 11.1 Å². The summed E-state index contributed by atoms with van der Waals surface area (Å²) < 4.78 is 12.3. The van der Waals surface area contributed by atoms with E-state index in [4.69, 9.17) is 15.0 Å². The minimum Gasteiger partial charge on any atom is -0.496 e. The molecular formula is C13H13N4O2. The first-order valence-corrected chi connectivity index (χ1v) is 5.73. The van der Waals surface area contributed by atoms with Crippen LogP contribution in [-0.2, 0) is 6.54 Å². The molecule has 0 atom stereocenters. The Kier molecular flexibility index (Phi) is 2.63. The molecule has 0 saturated heterocycles. The molecule has 1 radical (unpaired) electrons. The van der Waals surface area contributed by atoms with Crippen molar-refractivity contribution >= 4 is 16.8 Å². The fourth-order valence-electron chi connectivity index (χ4n) is 2.04. The van der Waals surface area contributed by atoms with E-state index in [1.807, 2.05) is 18.3 Å². The fourth-order valence-corrected chi connectivity index (χ4v) is 2.04. The van der Waals surface area contributed by atoms with Crippen LogP contribution in [0.25, 0.3) is 11.0 Å². The molecule has 19 heavy (non-hydrogen) atoms. The highest BCUT2D eigenvalue weighted by molar-refractivity contribution is 5.93. The number of nitrogens with two attached hydrogens (primary N) is 1. The van der Waals surface area contributed by atoms with Gasteiger partial charge >= 0.3 is 0 Å². The molecule has 2 aromatic heterocycles. The van der Waals surface area contributed by atoms with E-state index in [0.717, 1.165) is 11.1 Å². The van der Waals surface area contributed by atoms with Gasteiger partial charge in [0, 0.05) is 6.20 Å². The first kappa shape index (κ1) is 11.6. The van der Waals surface area contributed by atoms with Gasteiger partial charge in [-0.15, -0.1) is 0 Å². The van der Waals surface area contributed by atoms with Crippen LogP contribution in [-0.4, -0.2) is 22.0 Å². The van der Waals surface area contributed by atoms with E-state index in [1.54, 1.807) is 18.0 Å². The second-order valence-electron chi connectivity index (χ2n) is 4.29. The Balaban J connectivity index is 2.04. The van der Waals surface area contributed by atoms with Gasteiger partial charge in [0.05, 0.1) is 19.9 Å². The first-order valence-electron chi connectivity index (χ1n) is 5.73. The van der Waals surface area contributed by atoms with Gasteiger partial charge in [-0.05, 0) is 30.2 Å². The number of benzene rings is 1. The van der Waals surface area contributed by atoms with E-state index in [0.29, 0.717) is 29.1 Å². The normalized spacial score (nSPS) is 11.1. The summed E-state index contributed by atoms with van der Waals surface area (Å²) in [6, 6.07) is 3.78. The molecule has 6 nitrogen and oxygen atoms in total. The first-order chi connectivity index (χ1) is 9.17. The van der Waals surface area contributed by atoms with Crippen molar-refractivity contribution in [3.63, 3.8) is 0 Å². The lowest BCUT2D eigenvalue weighted by Gasteiger charge is -2.06. The molecule has 3 rings (SSSR count). The summed E-state index contributed by atoms with van der Waals surface area (Å²) in [7, 11) is 1.59. The van der Waals surface area contributed by atoms with Crippen molar-refractivity contribution in [2.24, 2.45) is 0 Å². The van der Waals surface area contributed by atoms with Gasteiger partial charge in [0.2, 0.25) is 0 Å². The van der Waals surface area contributed by atoms with Crippen LogP contribution in [0.2, 0.25) is 0 Å². The van der Waals surface area contributed by atoms with Crippen molar-refractivity contribution in [3.05, 3.63) is 42.6 Å². The summed E-state index contributed by atoms with van der Waals surface area (Å²) in [4.78, 5) is 0. The van der Waals surface area contributed by atoms with E-state index >= 15 is 0 Å². The summed E-state index contributed by atoms with van der Waals surface area (Å²) in [5.74, 6) is 0.978. The highest BCUT2D eigenvalue weighted by atomic mass is 16.5. The summed E-state index contributed by atoms with van der Waals surface area (Å²) in [5.41, 5.74) is 8.21. The Hall–Kier alpha value is -2.50. The number of hydrogen-bond donors (Lipinski definition) is 1. The van der Waals surface area contributed by atoms with Gasteiger partial charge in [-0.1, -0.05) is 5.16 Å². The molecule has 0 amide bonds. The molecule has 0 bridgehead atoms. The Bertz CT molecular complexity index is 729. The Morgan fingerprint density at radius 1 is 1.47 bits per heavy atom. The van der Waals surface area contributed by atoms with Crippen LogP contribution in [0.4, 0.5) is 5.82 Å². The Morgan fingerprint density at radius 2 is 2.32 bits per heavy atom. The van der Waals surface area contributed by atoms with Crippen LogP contribution >= 0.6 is 0 Å². The molecule has 0 aliphatic rings. The number of hydrogen-bond acceptors (Lipinski definition) is 5. The van der Waals surface area contributed by atoms with Crippen molar-refractivity contribution in [2.45, 2.75) is 6.54 Å². The monoisotopic (exact) mass is 257 g/mol. The summed E-state index contributed by atoms with van der Waals surface area (Å²) in [6.45, 7) is 4.42. The third kappa shape index (κ3) is 2.01. The maximum absolute atomic E-state index is 5.75. The van der Waals surface area contributed by atoms with Crippen LogP contribution < -0.4 is 10.5 Å². The van der Waals surface area contributed by atoms with Crippen molar-refractivity contribution in [1.82, 2.24) is 14.9 Å². The lowest BCUT2D eigenvalue weighted by molar-refractivity contribution is 0.418. The van der Waals surface area contributed by atoms with Gasteiger partial charge in [-0.2, -0.15) is 5.10 Å². The SMILES string of the molecule is [CH2]c1cnn(Cc2cc(OC)c3c(N)noc3c2)c1. The van der Waals surface area contributed by atoms with Crippen LogP contribution in [0.15, 0.2) is 29.0 Å². The predicted octanol–water partition coefficient (Wildman–Crippen LogP) is 1.85. The maximum Gasteiger partial charge on any atom is 0.178 e. The fraction of sp³-hybridized carbons (Fsp3) is 0.154. The molecule has 0 fully saturated rings. The van der Waals surface area contributed by atoms with Gasteiger partial charge < -0.3 is 15.0 Å². The number of nitrogens with zero attached hydrogens (tertiary/aromatic N) is 3. The number of ether oxygens (including phenoxy) is 1. The molecule has 0 spiro atoms. The molecule has 1 aromatic carbocycles. The molecular weight excluding hydrogens is 244 g/mol. The number of rotatable bonds is 3. The zero-order valence-electron chi connectivity index (χ0n) is 10.5. The standard InChI is InChI=1S/C13H13N4O2/c1-8-5-15-17(6-8)7-9-3-10(18-2)12-11(4-9)19-16-13(12)14/h3-6H,1,7H2,2H3,(H2,14,16). The molecule has 0 aliphatic carbocycles. The van der Waals surface area contributed by atoms with Crippen LogP contribution in [0.5, 0.6) is 5.75 Å². The van der Waals surface area contributed by atoms with Gasteiger partial charge in [-0.3, -0.25) is 4.68 Å². The van der Waals surface area contributed by atoms with E-state index in [9.17, 15) is 0 Å². The Morgan fingerprint density at radius 3 is 3.00 bits per heavy atom. The van der Waals surface area contributed by atoms with Crippen molar-refractivity contribution in [1.29, 1.82) is 0 Å². The number of anilines is 1. The van der Waals surface area contributed by atoms with E-state index < -0.39 is 0 Å². The van der Waals surface area contributed by atoms with Gasteiger partial charge in [0.1, 0.15) is 11.1 Å². The second kappa shape index (κ2) is 4.31. The lowest BCUT2D eigenvalue weighted by atomic mass is 10.1. The number of fused-ring (bicyclic) bond motifs is 1. The molecule has 6 heteroatoms. The average Bonchev–Trinajstić information content (AvgIpc) is 2.96. The molecule has 0 saturated carbocycles. The molecule has 0 aliphatic heterocycles. The van der Waals surface area contributed by atoms with Crippen LogP contribution in [0.3, 0.4) is 0 Å². The molecule has 2 N–H and O–H groups in total. The number of methoxy groups -OCH3 is 1. The zero-order chi connectivity index (χ0) is 13.4. The summed E-state index contributed by atoms with van der Waals surface area (Å²) in [6.07, 6.45) is 3.58. The van der Waals surface area contributed by atoms with Crippen molar-refractivity contribution in [3.8, 4) is 5.75 Å². The Labute approximate surface area is 109 Å².